The van der Waals surface area contributed by atoms with Gasteiger partial charge in [-0.25, -0.2) is 0 Å². The Morgan fingerprint density at radius 1 is 1.05 bits per heavy atom. The largest absolute Gasteiger partial charge is 0.481 e. The van der Waals surface area contributed by atoms with Gasteiger partial charge in [0.15, 0.2) is 0 Å². The maximum Gasteiger partial charge on any atom is 0.314 e. The molecule has 0 fully saturated rings. The van der Waals surface area contributed by atoms with Gasteiger partial charge in [0, 0.05) is 0 Å². The van der Waals surface area contributed by atoms with E-state index in [4.69, 9.17) is 0 Å². The van der Waals surface area contributed by atoms with Crippen LogP contribution in [0.4, 0.5) is 0 Å². The predicted molar refractivity (Wildman–Crippen MR) is 85.7 cm³/mol. The van der Waals surface area contributed by atoms with Crippen LogP contribution in [0.5, 0.6) is 0 Å². The van der Waals surface area contributed by atoms with Gasteiger partial charge in [0.25, 0.3) is 0 Å². The molecule has 2 nitrogen and oxygen atoms in total. The predicted octanol–water partition coefficient (Wildman–Crippen LogP) is 4.28. The smallest absolute Gasteiger partial charge is 0.314 e. The molecule has 2 heteroatoms. The molecule has 110 valence electrons. The zero-order chi connectivity index (χ0) is 15.5. The van der Waals surface area contributed by atoms with Gasteiger partial charge in [0.1, 0.15) is 0 Å². The number of rotatable bonds is 5. The van der Waals surface area contributed by atoms with E-state index in [-0.39, 0.29) is 0 Å². The van der Waals surface area contributed by atoms with Crippen LogP contribution in [0.2, 0.25) is 0 Å². The molecule has 0 radical (unpaired) electrons. The Hall–Kier alpha value is -2.09. The molecule has 0 spiro atoms. The van der Waals surface area contributed by atoms with E-state index in [0.717, 1.165) is 11.1 Å². The summed E-state index contributed by atoms with van der Waals surface area (Å²) in [4.78, 5) is 12.0. The molecule has 0 saturated carbocycles. The third kappa shape index (κ3) is 3.15. The van der Waals surface area contributed by atoms with Crippen LogP contribution in [0, 0.1) is 13.8 Å². The molecule has 0 bridgehead atoms. The number of benzene rings is 2. The van der Waals surface area contributed by atoms with Crippen LogP contribution in [0.25, 0.3) is 0 Å². The van der Waals surface area contributed by atoms with Crippen molar-refractivity contribution in [3.05, 3.63) is 70.8 Å². The minimum Gasteiger partial charge on any atom is -0.481 e. The molecule has 0 saturated heterocycles. The van der Waals surface area contributed by atoms with Crippen LogP contribution in [0.15, 0.2) is 48.5 Å². The lowest BCUT2D eigenvalue weighted by Gasteiger charge is -2.29. The van der Waals surface area contributed by atoms with E-state index in [9.17, 15) is 9.90 Å². The average molecular weight is 282 g/mol. The summed E-state index contributed by atoms with van der Waals surface area (Å²) in [5, 5.41) is 9.88. The van der Waals surface area contributed by atoms with Gasteiger partial charge in [0.05, 0.1) is 5.41 Å². The summed E-state index contributed by atoms with van der Waals surface area (Å²) in [5.41, 5.74) is 3.45. The summed E-state index contributed by atoms with van der Waals surface area (Å²) < 4.78 is 0. The third-order valence-electron chi connectivity index (χ3n) is 4.13. The van der Waals surface area contributed by atoms with E-state index < -0.39 is 11.4 Å². The molecule has 1 unspecified atom stereocenters. The van der Waals surface area contributed by atoms with Gasteiger partial charge in [-0.3, -0.25) is 4.79 Å². The van der Waals surface area contributed by atoms with Crippen molar-refractivity contribution >= 4 is 5.97 Å². The molecule has 0 aliphatic carbocycles. The summed E-state index contributed by atoms with van der Waals surface area (Å²) in [6.07, 6.45) is 1.09. The monoisotopic (exact) mass is 282 g/mol. The van der Waals surface area contributed by atoms with Gasteiger partial charge in [-0.05, 0) is 37.8 Å². The summed E-state index contributed by atoms with van der Waals surface area (Å²) in [6.45, 7) is 6.05. The Morgan fingerprint density at radius 2 is 1.62 bits per heavy atom. The minimum absolute atomic E-state index is 0.519. The zero-order valence-electron chi connectivity index (χ0n) is 12.9. The van der Waals surface area contributed by atoms with Gasteiger partial charge in [0.2, 0.25) is 0 Å². The molecule has 2 rings (SSSR count). The Balaban J connectivity index is 2.49. The second-order valence-corrected chi connectivity index (χ2v) is 5.78. The zero-order valence-corrected chi connectivity index (χ0v) is 12.9. The lowest BCUT2D eigenvalue weighted by atomic mass is 9.73. The van der Waals surface area contributed by atoms with Crippen LogP contribution < -0.4 is 0 Å². The second-order valence-electron chi connectivity index (χ2n) is 5.78. The van der Waals surface area contributed by atoms with Crippen molar-refractivity contribution in [3.63, 3.8) is 0 Å². The molecular formula is C19H22O2. The Bertz CT molecular complexity index is 611. The van der Waals surface area contributed by atoms with Gasteiger partial charge < -0.3 is 5.11 Å². The van der Waals surface area contributed by atoms with Crippen LogP contribution in [-0.2, 0) is 16.6 Å². The highest BCUT2D eigenvalue weighted by molar-refractivity contribution is 5.81. The maximum absolute atomic E-state index is 12.0. The fraction of sp³-hybridized carbons (Fsp3) is 0.316. The van der Waals surface area contributed by atoms with E-state index in [1.54, 1.807) is 0 Å². The molecule has 0 aliphatic rings. The van der Waals surface area contributed by atoms with Crippen molar-refractivity contribution in [1.29, 1.82) is 0 Å². The fourth-order valence-corrected chi connectivity index (χ4v) is 3.06. The normalized spacial score (nSPS) is 13.7. The lowest BCUT2D eigenvalue weighted by molar-refractivity contribution is -0.144. The second kappa shape index (κ2) is 6.13. The molecule has 0 heterocycles. The van der Waals surface area contributed by atoms with Crippen LogP contribution in [0.3, 0.4) is 0 Å². The van der Waals surface area contributed by atoms with Crippen LogP contribution in [0.1, 0.15) is 35.6 Å². The summed E-state index contributed by atoms with van der Waals surface area (Å²) >= 11 is 0. The number of carbonyl (C=O) groups is 1. The first-order valence-electron chi connectivity index (χ1n) is 7.34. The average Bonchev–Trinajstić information content (AvgIpc) is 2.44. The summed E-state index contributed by atoms with van der Waals surface area (Å²) in [6, 6.07) is 15.9. The van der Waals surface area contributed by atoms with E-state index in [1.165, 1.54) is 11.1 Å². The van der Waals surface area contributed by atoms with Crippen molar-refractivity contribution in [2.24, 2.45) is 0 Å². The number of aliphatic carboxylic acids is 1. The van der Waals surface area contributed by atoms with E-state index in [0.29, 0.717) is 12.8 Å². The number of carboxylic acid groups (broad SMARTS) is 1. The van der Waals surface area contributed by atoms with E-state index in [2.05, 4.69) is 18.2 Å². The van der Waals surface area contributed by atoms with Gasteiger partial charge in [-0.1, -0.05) is 66.6 Å². The molecule has 0 amide bonds. The first-order valence-corrected chi connectivity index (χ1v) is 7.34. The van der Waals surface area contributed by atoms with Crippen LogP contribution in [-0.4, -0.2) is 11.1 Å². The number of aryl methyl sites for hydroxylation is 2. The van der Waals surface area contributed by atoms with Crippen molar-refractivity contribution in [2.75, 3.05) is 0 Å². The first kappa shape index (κ1) is 15.3. The molecule has 2 aromatic carbocycles. The quantitative estimate of drug-likeness (QED) is 0.888. The molecule has 1 atom stereocenters. The molecule has 1 N–H and O–H groups in total. The SMILES string of the molecule is CCC(Cc1cc(C)cc(C)c1)(C(=O)O)c1ccccc1. The van der Waals surface area contributed by atoms with E-state index in [1.807, 2.05) is 51.1 Å². The van der Waals surface area contributed by atoms with Gasteiger partial charge >= 0.3 is 5.97 Å². The number of carboxylic acids is 1. The highest BCUT2D eigenvalue weighted by atomic mass is 16.4. The molecule has 0 aromatic heterocycles. The highest BCUT2D eigenvalue weighted by Gasteiger charge is 2.38. The third-order valence-corrected chi connectivity index (χ3v) is 4.13. The molecule has 0 aliphatic heterocycles. The lowest BCUT2D eigenvalue weighted by Crippen LogP contribution is -2.37. The molecular weight excluding hydrogens is 260 g/mol. The Kier molecular flexibility index (Phi) is 4.46. The van der Waals surface area contributed by atoms with Gasteiger partial charge in [-0.15, -0.1) is 0 Å². The standard InChI is InChI=1S/C19H22O2/c1-4-19(18(20)21,17-8-6-5-7-9-17)13-16-11-14(2)10-15(3)12-16/h5-12H,4,13H2,1-3H3,(H,20,21). The molecule has 21 heavy (non-hydrogen) atoms. The van der Waals surface area contributed by atoms with Crippen molar-refractivity contribution in [3.8, 4) is 0 Å². The Morgan fingerprint density at radius 3 is 2.10 bits per heavy atom. The summed E-state index contributed by atoms with van der Waals surface area (Å²) in [7, 11) is 0. The van der Waals surface area contributed by atoms with Gasteiger partial charge in [-0.2, -0.15) is 0 Å². The van der Waals surface area contributed by atoms with Crippen molar-refractivity contribution < 1.29 is 9.90 Å². The first-order chi connectivity index (χ1) is 9.98. The Labute approximate surface area is 126 Å². The fourth-order valence-electron chi connectivity index (χ4n) is 3.06. The van der Waals surface area contributed by atoms with Crippen molar-refractivity contribution in [2.45, 2.75) is 39.0 Å². The van der Waals surface area contributed by atoms with E-state index >= 15 is 0 Å². The topological polar surface area (TPSA) is 37.3 Å². The van der Waals surface area contributed by atoms with Crippen LogP contribution >= 0.6 is 0 Å². The number of hydrogen-bond donors (Lipinski definition) is 1. The summed E-state index contributed by atoms with van der Waals surface area (Å²) in [5.74, 6) is -0.754. The molecule has 2 aromatic rings. The van der Waals surface area contributed by atoms with Crippen molar-refractivity contribution in [1.82, 2.24) is 0 Å². The highest BCUT2D eigenvalue weighted by Crippen LogP contribution is 2.33. The number of hydrogen-bond acceptors (Lipinski definition) is 1. The maximum atomic E-state index is 12.0. The minimum atomic E-state index is -0.860.